The molecular weight excluding hydrogens is 350 g/mol. The Morgan fingerprint density at radius 2 is 1.93 bits per heavy atom. The topological polar surface area (TPSA) is 58.2 Å². The minimum absolute atomic E-state index is 0.00359. The molecule has 0 bridgehead atoms. The first-order valence-corrected chi connectivity index (χ1v) is 9.51. The number of ether oxygens (including phenoxy) is 1. The number of rotatable bonds is 3. The van der Waals surface area contributed by atoms with Gasteiger partial charge in [-0.3, -0.25) is 9.89 Å². The summed E-state index contributed by atoms with van der Waals surface area (Å²) in [6, 6.07) is 14.3. The summed E-state index contributed by atoms with van der Waals surface area (Å²) in [6.07, 6.45) is 9.66. The molecule has 0 aliphatic carbocycles. The van der Waals surface area contributed by atoms with Crippen LogP contribution in [0.3, 0.4) is 0 Å². The van der Waals surface area contributed by atoms with Gasteiger partial charge in [-0.05, 0) is 47.7 Å². The maximum absolute atomic E-state index is 13.5. The summed E-state index contributed by atoms with van der Waals surface area (Å²) in [5.74, 6) is 0.913. The summed E-state index contributed by atoms with van der Waals surface area (Å²) in [4.78, 5) is 15.5. The van der Waals surface area contributed by atoms with Gasteiger partial charge in [-0.25, -0.2) is 0 Å². The molecule has 1 aromatic heterocycles. The number of nitrogens with one attached hydrogen (secondary N) is 1. The third kappa shape index (κ3) is 2.62. The van der Waals surface area contributed by atoms with Crippen molar-refractivity contribution in [1.82, 2.24) is 15.1 Å². The van der Waals surface area contributed by atoms with E-state index in [1.807, 2.05) is 30.5 Å². The van der Waals surface area contributed by atoms with E-state index in [-0.39, 0.29) is 18.0 Å². The molecule has 0 saturated carbocycles. The van der Waals surface area contributed by atoms with Crippen LogP contribution in [0.4, 0.5) is 0 Å². The van der Waals surface area contributed by atoms with Gasteiger partial charge in [0.1, 0.15) is 5.75 Å². The number of hydrogen-bond acceptors (Lipinski definition) is 3. The number of nitrogens with zero attached hydrogens (tertiary/aromatic N) is 2. The maximum Gasteiger partial charge on any atom is 0.255 e. The molecule has 0 radical (unpaired) electrons. The number of H-pyrrole nitrogens is 1. The molecular formula is C23H21N3O2. The van der Waals surface area contributed by atoms with E-state index in [1.54, 1.807) is 13.3 Å². The summed E-state index contributed by atoms with van der Waals surface area (Å²) in [7, 11) is 1.67. The van der Waals surface area contributed by atoms with E-state index < -0.39 is 0 Å². The van der Waals surface area contributed by atoms with Gasteiger partial charge < -0.3 is 9.64 Å². The predicted octanol–water partition coefficient (Wildman–Crippen LogP) is 4.67. The Kier molecular flexibility index (Phi) is 4.01. The molecule has 0 fully saturated rings. The van der Waals surface area contributed by atoms with Crippen molar-refractivity contribution in [1.29, 1.82) is 0 Å². The zero-order valence-electron chi connectivity index (χ0n) is 15.6. The second-order valence-electron chi connectivity index (χ2n) is 7.25. The Balaban J connectivity index is 1.58. The molecule has 2 aromatic carbocycles. The van der Waals surface area contributed by atoms with Crippen molar-refractivity contribution in [2.24, 2.45) is 0 Å². The Labute approximate surface area is 163 Å². The van der Waals surface area contributed by atoms with Crippen LogP contribution in [0.15, 0.2) is 67.0 Å². The van der Waals surface area contributed by atoms with Gasteiger partial charge in [0.2, 0.25) is 0 Å². The highest BCUT2D eigenvalue weighted by atomic mass is 16.5. The molecule has 5 rings (SSSR count). The highest BCUT2D eigenvalue weighted by Gasteiger charge is 2.41. The zero-order valence-corrected chi connectivity index (χ0v) is 15.6. The molecule has 2 aliphatic rings. The molecule has 0 saturated heterocycles. The van der Waals surface area contributed by atoms with Gasteiger partial charge in [-0.2, -0.15) is 5.10 Å². The van der Waals surface area contributed by atoms with Gasteiger partial charge in [0.05, 0.1) is 25.4 Å². The SMILES string of the molecule is COc1cccc([C@H]2CC=CCC3c4ccc(-c5cn[nH]c5)cc4C(=O)N32)c1. The third-order valence-corrected chi connectivity index (χ3v) is 5.74. The fourth-order valence-electron chi connectivity index (χ4n) is 4.36. The van der Waals surface area contributed by atoms with E-state index in [0.29, 0.717) is 0 Å². The molecule has 1 N–H and O–H groups in total. The molecule has 28 heavy (non-hydrogen) atoms. The lowest BCUT2D eigenvalue weighted by molar-refractivity contribution is 0.0635. The van der Waals surface area contributed by atoms with Gasteiger partial charge in [-0.1, -0.05) is 36.4 Å². The van der Waals surface area contributed by atoms with E-state index >= 15 is 0 Å². The van der Waals surface area contributed by atoms with E-state index in [2.05, 4.69) is 45.4 Å². The predicted molar refractivity (Wildman–Crippen MR) is 107 cm³/mol. The average molecular weight is 371 g/mol. The molecule has 2 aliphatic heterocycles. The minimum Gasteiger partial charge on any atom is -0.497 e. The van der Waals surface area contributed by atoms with Gasteiger partial charge >= 0.3 is 0 Å². The average Bonchev–Trinajstić information content (AvgIpc) is 3.29. The molecule has 1 unspecified atom stereocenters. The smallest absolute Gasteiger partial charge is 0.255 e. The number of hydrogen-bond donors (Lipinski definition) is 1. The normalized spacial score (nSPS) is 20.6. The first-order chi connectivity index (χ1) is 13.8. The summed E-state index contributed by atoms with van der Waals surface area (Å²) in [6.45, 7) is 0. The van der Waals surface area contributed by atoms with Crippen molar-refractivity contribution in [2.75, 3.05) is 7.11 Å². The van der Waals surface area contributed by atoms with Crippen molar-refractivity contribution in [2.45, 2.75) is 24.9 Å². The summed E-state index contributed by atoms with van der Waals surface area (Å²) < 4.78 is 5.40. The van der Waals surface area contributed by atoms with Crippen LogP contribution in [0.2, 0.25) is 0 Å². The molecule has 1 amide bonds. The van der Waals surface area contributed by atoms with Crippen molar-refractivity contribution < 1.29 is 9.53 Å². The Morgan fingerprint density at radius 1 is 1.07 bits per heavy atom. The summed E-state index contributed by atoms with van der Waals surface area (Å²) in [5, 5.41) is 6.86. The quantitative estimate of drug-likeness (QED) is 0.681. The summed E-state index contributed by atoms with van der Waals surface area (Å²) in [5.41, 5.74) is 5.00. The van der Waals surface area contributed by atoms with Crippen molar-refractivity contribution in [3.8, 4) is 16.9 Å². The first kappa shape index (κ1) is 16.8. The van der Waals surface area contributed by atoms with E-state index in [9.17, 15) is 4.79 Å². The second-order valence-corrected chi connectivity index (χ2v) is 7.25. The molecule has 0 spiro atoms. The molecule has 5 nitrogen and oxygen atoms in total. The lowest BCUT2D eigenvalue weighted by Crippen LogP contribution is -2.31. The largest absolute Gasteiger partial charge is 0.497 e. The highest BCUT2D eigenvalue weighted by molar-refractivity contribution is 6.00. The summed E-state index contributed by atoms with van der Waals surface area (Å²) >= 11 is 0. The number of aromatic amines is 1. The number of carbonyl (C=O) groups excluding carboxylic acids is 1. The monoisotopic (exact) mass is 371 g/mol. The molecule has 3 heterocycles. The van der Waals surface area contributed by atoms with Gasteiger partial charge in [0, 0.05) is 17.3 Å². The maximum atomic E-state index is 13.5. The standard InChI is InChI=1S/C23H21N3O2/c1-28-18-6-4-5-16(11-18)21-7-2-3-8-22-19-10-9-15(17-13-24-25-14-17)12-20(19)23(27)26(21)22/h2-6,9-14,21-22H,7-8H2,1H3,(H,24,25)/t21-,22?/m1/s1. The van der Waals surface area contributed by atoms with Crippen LogP contribution in [0.25, 0.3) is 11.1 Å². The zero-order chi connectivity index (χ0) is 19.1. The molecule has 140 valence electrons. The van der Waals surface area contributed by atoms with Gasteiger partial charge in [0.15, 0.2) is 0 Å². The van der Waals surface area contributed by atoms with Crippen molar-refractivity contribution >= 4 is 5.91 Å². The van der Waals surface area contributed by atoms with Crippen LogP contribution in [0.1, 0.15) is 46.4 Å². The van der Waals surface area contributed by atoms with Gasteiger partial charge in [0.25, 0.3) is 5.91 Å². The number of methoxy groups -OCH3 is 1. The number of carbonyl (C=O) groups is 1. The Bertz CT molecular complexity index is 1060. The Hall–Kier alpha value is -3.34. The second kappa shape index (κ2) is 6.68. The number of amides is 1. The fourth-order valence-corrected chi connectivity index (χ4v) is 4.36. The number of fused-ring (bicyclic) bond motifs is 3. The Morgan fingerprint density at radius 3 is 2.71 bits per heavy atom. The van der Waals surface area contributed by atoms with Crippen LogP contribution in [-0.2, 0) is 0 Å². The van der Waals surface area contributed by atoms with Crippen molar-refractivity contribution in [3.05, 3.63) is 83.7 Å². The number of aromatic nitrogens is 2. The van der Waals surface area contributed by atoms with Crippen LogP contribution < -0.4 is 4.74 Å². The lowest BCUT2D eigenvalue weighted by atomic mass is 9.98. The van der Waals surface area contributed by atoms with Crippen LogP contribution in [-0.4, -0.2) is 28.1 Å². The minimum atomic E-state index is -0.00359. The fraction of sp³-hybridized carbons (Fsp3) is 0.217. The molecule has 5 heteroatoms. The lowest BCUT2D eigenvalue weighted by Gasteiger charge is -2.32. The third-order valence-electron chi connectivity index (χ3n) is 5.74. The number of benzene rings is 2. The highest BCUT2D eigenvalue weighted by Crippen LogP contribution is 2.45. The molecule has 2 atom stereocenters. The van der Waals surface area contributed by atoms with E-state index in [4.69, 9.17) is 4.74 Å². The van der Waals surface area contributed by atoms with E-state index in [1.165, 1.54) is 0 Å². The van der Waals surface area contributed by atoms with Gasteiger partial charge in [-0.15, -0.1) is 0 Å². The first-order valence-electron chi connectivity index (χ1n) is 9.51. The molecule has 3 aromatic rings. The van der Waals surface area contributed by atoms with Crippen molar-refractivity contribution in [3.63, 3.8) is 0 Å². The van der Waals surface area contributed by atoms with Crippen LogP contribution in [0, 0.1) is 0 Å². The van der Waals surface area contributed by atoms with Crippen LogP contribution in [0.5, 0.6) is 5.75 Å². The van der Waals surface area contributed by atoms with Crippen LogP contribution >= 0.6 is 0 Å². The van der Waals surface area contributed by atoms with E-state index in [0.717, 1.165) is 46.4 Å².